The molecule has 0 bridgehead atoms. The molecule has 0 unspecified atom stereocenters. The lowest BCUT2D eigenvalue weighted by atomic mass is 9.73. The smallest absolute Gasteiger partial charge is 0.411 e. The third-order valence-corrected chi connectivity index (χ3v) is 6.82. The van der Waals surface area contributed by atoms with Gasteiger partial charge in [-0.25, -0.2) is 4.79 Å². The Kier molecular flexibility index (Phi) is 5.29. The Morgan fingerprint density at radius 2 is 1.58 bits per heavy atom. The fraction of sp³-hybridized carbons (Fsp3) is 0.259. The molecule has 6 nitrogen and oxygen atoms in total. The van der Waals surface area contributed by atoms with Crippen LogP contribution in [0.4, 0.5) is 4.79 Å². The van der Waals surface area contributed by atoms with E-state index in [1.807, 2.05) is 96.8 Å². The number of amides is 2. The number of hydrogen-bond donors (Lipinski definition) is 0. The van der Waals surface area contributed by atoms with Crippen LogP contribution in [0.2, 0.25) is 0 Å². The molecule has 2 aliphatic rings. The van der Waals surface area contributed by atoms with Crippen molar-refractivity contribution in [1.82, 2.24) is 9.80 Å². The molecular formula is C27H26N2O4. The maximum atomic E-state index is 13.6. The van der Waals surface area contributed by atoms with Crippen LogP contribution in [0.3, 0.4) is 0 Å². The molecule has 33 heavy (non-hydrogen) atoms. The number of hydrogen-bond acceptors (Lipinski definition) is 4. The molecule has 0 radical (unpaired) electrons. The number of β-lactam (4-membered cyclic amide) rings is 1. The molecule has 2 aliphatic heterocycles. The minimum Gasteiger partial charge on any atom is -0.497 e. The van der Waals surface area contributed by atoms with Crippen molar-refractivity contribution in [2.75, 3.05) is 13.7 Å². The van der Waals surface area contributed by atoms with Crippen molar-refractivity contribution in [2.45, 2.75) is 31.1 Å². The molecule has 0 spiro atoms. The third-order valence-electron chi connectivity index (χ3n) is 6.82. The predicted molar refractivity (Wildman–Crippen MR) is 123 cm³/mol. The van der Waals surface area contributed by atoms with Crippen LogP contribution in [0.15, 0.2) is 84.9 Å². The summed E-state index contributed by atoms with van der Waals surface area (Å²) in [6, 6.07) is 26.4. The number of methoxy groups -OCH3 is 1. The first kappa shape index (κ1) is 21.1. The van der Waals surface area contributed by atoms with Gasteiger partial charge in [0.1, 0.15) is 18.4 Å². The topological polar surface area (TPSA) is 59.1 Å². The molecule has 5 rings (SSSR count). The molecule has 2 saturated heterocycles. The molecule has 0 N–H and O–H groups in total. The van der Waals surface area contributed by atoms with Gasteiger partial charge < -0.3 is 14.4 Å². The van der Waals surface area contributed by atoms with Crippen molar-refractivity contribution in [2.24, 2.45) is 0 Å². The number of carbonyl (C=O) groups is 2. The molecule has 168 valence electrons. The van der Waals surface area contributed by atoms with E-state index in [2.05, 4.69) is 0 Å². The summed E-state index contributed by atoms with van der Waals surface area (Å²) >= 11 is 0. The zero-order valence-electron chi connectivity index (χ0n) is 18.7. The second-order valence-corrected chi connectivity index (χ2v) is 8.60. The van der Waals surface area contributed by atoms with Gasteiger partial charge in [0.2, 0.25) is 5.91 Å². The maximum Gasteiger partial charge on any atom is 0.411 e. The normalized spacial score (nSPS) is 24.4. The average molecular weight is 443 g/mol. The summed E-state index contributed by atoms with van der Waals surface area (Å²) < 4.78 is 10.8. The standard InChI is InChI=1S/C27H26N2O4/c1-27(21-13-15-22(32-2)16-14-21)24(25(30)28(27)17-19-9-5-3-6-10-19)29-23(18-33-26(29)31)20-11-7-4-8-12-20/h3-16,23-24H,17-18H2,1-2H3/t23-,24-,27-/m1/s1. The quantitative estimate of drug-likeness (QED) is 0.527. The first-order valence-corrected chi connectivity index (χ1v) is 11.0. The van der Waals surface area contributed by atoms with Crippen LogP contribution in [0.25, 0.3) is 0 Å². The lowest BCUT2D eigenvalue weighted by Gasteiger charge is -2.58. The number of cyclic esters (lactones) is 1. The number of carbonyl (C=O) groups excluding carboxylic acids is 2. The number of ether oxygens (including phenoxy) is 2. The van der Waals surface area contributed by atoms with Crippen LogP contribution in [-0.4, -0.2) is 41.6 Å². The molecular weight excluding hydrogens is 416 g/mol. The Bertz CT molecular complexity index is 1150. The zero-order chi connectivity index (χ0) is 23.0. The van der Waals surface area contributed by atoms with Gasteiger partial charge in [-0.3, -0.25) is 9.69 Å². The molecule has 2 amide bonds. The van der Waals surface area contributed by atoms with E-state index in [1.54, 1.807) is 12.0 Å². The fourth-order valence-electron chi connectivity index (χ4n) is 4.99. The van der Waals surface area contributed by atoms with E-state index in [4.69, 9.17) is 9.47 Å². The van der Waals surface area contributed by atoms with Crippen molar-refractivity contribution >= 4 is 12.0 Å². The highest BCUT2D eigenvalue weighted by atomic mass is 16.6. The van der Waals surface area contributed by atoms with E-state index in [9.17, 15) is 9.59 Å². The average Bonchev–Trinajstić information content (AvgIpc) is 3.24. The summed E-state index contributed by atoms with van der Waals surface area (Å²) in [6.07, 6.45) is -0.457. The monoisotopic (exact) mass is 442 g/mol. The Balaban J connectivity index is 1.56. The Morgan fingerprint density at radius 3 is 2.21 bits per heavy atom. The van der Waals surface area contributed by atoms with E-state index in [0.29, 0.717) is 6.54 Å². The van der Waals surface area contributed by atoms with Crippen molar-refractivity contribution < 1.29 is 19.1 Å². The van der Waals surface area contributed by atoms with Crippen molar-refractivity contribution in [1.29, 1.82) is 0 Å². The summed E-state index contributed by atoms with van der Waals surface area (Å²) in [6.45, 7) is 2.71. The molecule has 3 aromatic rings. The van der Waals surface area contributed by atoms with Gasteiger partial charge in [0.25, 0.3) is 0 Å². The summed E-state index contributed by atoms with van der Waals surface area (Å²) in [5.74, 6) is 0.652. The zero-order valence-corrected chi connectivity index (χ0v) is 18.7. The Hall–Kier alpha value is -3.80. The lowest BCUT2D eigenvalue weighted by Crippen LogP contribution is -2.75. The summed E-state index contributed by atoms with van der Waals surface area (Å²) in [4.78, 5) is 30.1. The first-order chi connectivity index (χ1) is 16.0. The van der Waals surface area contributed by atoms with Crippen LogP contribution in [0.5, 0.6) is 5.75 Å². The van der Waals surface area contributed by atoms with Crippen LogP contribution < -0.4 is 4.74 Å². The molecule has 3 atom stereocenters. The molecule has 0 saturated carbocycles. The number of benzene rings is 3. The van der Waals surface area contributed by atoms with Crippen molar-refractivity contribution in [3.63, 3.8) is 0 Å². The summed E-state index contributed by atoms with van der Waals surface area (Å²) in [5.41, 5.74) is 2.20. The number of nitrogens with zero attached hydrogens (tertiary/aromatic N) is 2. The first-order valence-electron chi connectivity index (χ1n) is 11.0. The van der Waals surface area contributed by atoms with Gasteiger partial charge in [-0.15, -0.1) is 0 Å². The molecule has 2 fully saturated rings. The predicted octanol–water partition coefficient (Wildman–Crippen LogP) is 4.51. The van der Waals surface area contributed by atoms with Crippen molar-refractivity contribution in [3.8, 4) is 5.75 Å². The minimum atomic E-state index is -0.727. The van der Waals surface area contributed by atoms with Gasteiger partial charge in [-0.1, -0.05) is 72.8 Å². The van der Waals surface area contributed by atoms with Crippen LogP contribution in [-0.2, 0) is 21.6 Å². The summed E-state index contributed by atoms with van der Waals surface area (Å²) in [5, 5.41) is 0. The van der Waals surface area contributed by atoms with Crippen LogP contribution >= 0.6 is 0 Å². The van der Waals surface area contributed by atoms with E-state index in [0.717, 1.165) is 22.4 Å². The highest BCUT2D eigenvalue weighted by Gasteiger charge is 2.63. The lowest BCUT2D eigenvalue weighted by molar-refractivity contribution is -0.175. The molecule has 0 aromatic heterocycles. The van der Waals surface area contributed by atoms with Crippen LogP contribution in [0, 0.1) is 0 Å². The highest BCUT2D eigenvalue weighted by Crippen LogP contribution is 2.49. The largest absolute Gasteiger partial charge is 0.497 e. The van der Waals surface area contributed by atoms with Gasteiger partial charge in [0.05, 0.1) is 18.7 Å². The van der Waals surface area contributed by atoms with E-state index < -0.39 is 17.7 Å². The summed E-state index contributed by atoms with van der Waals surface area (Å²) in [7, 11) is 1.62. The van der Waals surface area contributed by atoms with E-state index >= 15 is 0 Å². The fourth-order valence-corrected chi connectivity index (χ4v) is 4.99. The number of likely N-dealkylation sites (tertiary alicyclic amines) is 1. The van der Waals surface area contributed by atoms with Gasteiger partial charge in [0, 0.05) is 6.54 Å². The molecule has 2 heterocycles. The molecule has 6 heteroatoms. The third kappa shape index (κ3) is 3.42. The van der Waals surface area contributed by atoms with Gasteiger partial charge in [-0.05, 0) is 35.7 Å². The Labute approximate surface area is 193 Å². The van der Waals surface area contributed by atoms with Crippen molar-refractivity contribution in [3.05, 3.63) is 102 Å². The maximum absolute atomic E-state index is 13.6. The number of rotatable bonds is 6. The second-order valence-electron chi connectivity index (χ2n) is 8.60. The van der Waals surface area contributed by atoms with E-state index in [-0.39, 0.29) is 18.6 Å². The Morgan fingerprint density at radius 1 is 0.939 bits per heavy atom. The van der Waals surface area contributed by atoms with E-state index in [1.165, 1.54) is 0 Å². The highest BCUT2D eigenvalue weighted by molar-refractivity contribution is 5.95. The minimum absolute atomic E-state index is 0.0862. The van der Waals surface area contributed by atoms with Gasteiger partial charge in [0.15, 0.2) is 0 Å². The SMILES string of the molecule is COc1ccc([C@]2(C)[C@H](N3C(=O)OC[C@@H]3c3ccccc3)C(=O)N2Cc2ccccc2)cc1. The van der Waals surface area contributed by atoms with Crippen LogP contribution in [0.1, 0.15) is 29.7 Å². The van der Waals surface area contributed by atoms with Gasteiger partial charge >= 0.3 is 6.09 Å². The molecule has 3 aromatic carbocycles. The van der Waals surface area contributed by atoms with Gasteiger partial charge in [-0.2, -0.15) is 0 Å². The second kappa shape index (κ2) is 8.28. The molecule has 0 aliphatic carbocycles.